The molecule has 0 radical (unpaired) electrons. The summed E-state index contributed by atoms with van der Waals surface area (Å²) >= 11 is 5.77. The fourth-order valence-electron chi connectivity index (χ4n) is 1.86. The second kappa shape index (κ2) is 8.70. The van der Waals surface area contributed by atoms with E-state index in [0.717, 1.165) is 0 Å². The lowest BCUT2D eigenvalue weighted by Crippen LogP contribution is -2.20. The Morgan fingerprint density at radius 1 is 1.20 bits per heavy atom. The highest BCUT2D eigenvalue weighted by atomic mass is 35.5. The Hall–Kier alpha value is -3.06. The summed E-state index contributed by atoms with van der Waals surface area (Å²) in [6.07, 6.45) is 1.45. The molecule has 7 nitrogen and oxygen atoms in total. The molecule has 0 aliphatic carbocycles. The van der Waals surface area contributed by atoms with Gasteiger partial charge in [0, 0.05) is 10.6 Å². The number of rotatable bonds is 7. The number of carbonyl (C=O) groups excluding carboxylic acids is 2. The lowest BCUT2D eigenvalue weighted by atomic mass is 10.2. The maximum Gasteiger partial charge on any atom is 0.271 e. The van der Waals surface area contributed by atoms with Crippen molar-refractivity contribution in [3.63, 3.8) is 0 Å². The standard InChI is InChI=1S/C17H16ClN3O4/c1-24-15-8-11(2-7-14(15)25-10-16(19)22)9-20-21-17(23)12-3-5-13(18)6-4-12/h2-9H,10H2,1H3,(H2,19,22)(H,21,23)/b20-9-. The summed E-state index contributed by atoms with van der Waals surface area (Å²) < 4.78 is 10.4. The molecule has 2 amide bonds. The molecule has 0 saturated carbocycles. The van der Waals surface area contributed by atoms with Crippen LogP contribution >= 0.6 is 11.6 Å². The van der Waals surface area contributed by atoms with E-state index in [4.69, 9.17) is 26.8 Å². The van der Waals surface area contributed by atoms with Gasteiger partial charge in [0.2, 0.25) is 0 Å². The van der Waals surface area contributed by atoms with Gasteiger partial charge in [-0.25, -0.2) is 5.43 Å². The largest absolute Gasteiger partial charge is 0.493 e. The molecule has 2 aromatic carbocycles. The Bertz CT molecular complexity index is 791. The Kier molecular flexibility index (Phi) is 6.36. The molecule has 0 aliphatic rings. The van der Waals surface area contributed by atoms with Crippen LogP contribution < -0.4 is 20.6 Å². The molecule has 0 saturated heterocycles. The number of nitrogens with two attached hydrogens (primary N) is 1. The van der Waals surface area contributed by atoms with Gasteiger partial charge in [-0.05, 0) is 48.0 Å². The van der Waals surface area contributed by atoms with Crippen molar-refractivity contribution < 1.29 is 19.1 Å². The number of benzene rings is 2. The zero-order valence-electron chi connectivity index (χ0n) is 13.4. The summed E-state index contributed by atoms with van der Waals surface area (Å²) in [6.45, 7) is -0.249. The topological polar surface area (TPSA) is 103 Å². The van der Waals surface area contributed by atoms with E-state index in [0.29, 0.717) is 27.6 Å². The van der Waals surface area contributed by atoms with Crippen LogP contribution in [0.5, 0.6) is 11.5 Å². The van der Waals surface area contributed by atoms with E-state index in [1.54, 1.807) is 42.5 Å². The van der Waals surface area contributed by atoms with Crippen molar-refractivity contribution in [2.75, 3.05) is 13.7 Å². The lowest BCUT2D eigenvalue weighted by molar-refractivity contribution is -0.119. The van der Waals surface area contributed by atoms with Gasteiger partial charge in [0.15, 0.2) is 18.1 Å². The number of primary amides is 1. The van der Waals surface area contributed by atoms with Crippen LogP contribution in [0.2, 0.25) is 5.02 Å². The maximum atomic E-state index is 11.9. The van der Waals surface area contributed by atoms with Gasteiger partial charge in [0.1, 0.15) is 0 Å². The summed E-state index contributed by atoms with van der Waals surface area (Å²) in [5.74, 6) is -0.156. The van der Waals surface area contributed by atoms with Crippen molar-refractivity contribution in [2.24, 2.45) is 10.8 Å². The fourth-order valence-corrected chi connectivity index (χ4v) is 1.99. The molecule has 8 heteroatoms. The van der Waals surface area contributed by atoms with Gasteiger partial charge in [0.25, 0.3) is 11.8 Å². The fraction of sp³-hybridized carbons (Fsp3) is 0.118. The molecule has 2 rings (SSSR count). The number of nitrogens with zero attached hydrogens (tertiary/aromatic N) is 1. The zero-order chi connectivity index (χ0) is 18.2. The molecular weight excluding hydrogens is 346 g/mol. The first kappa shape index (κ1) is 18.3. The molecule has 2 aromatic rings. The molecule has 3 N–H and O–H groups in total. The van der Waals surface area contributed by atoms with E-state index in [2.05, 4.69) is 10.5 Å². The van der Waals surface area contributed by atoms with Crippen LogP contribution in [0, 0.1) is 0 Å². The van der Waals surface area contributed by atoms with E-state index in [1.807, 2.05) is 0 Å². The predicted molar refractivity (Wildman–Crippen MR) is 94.2 cm³/mol. The number of nitrogens with one attached hydrogen (secondary N) is 1. The van der Waals surface area contributed by atoms with Crippen molar-refractivity contribution in [1.82, 2.24) is 5.43 Å². The third-order valence-electron chi connectivity index (χ3n) is 3.04. The smallest absolute Gasteiger partial charge is 0.271 e. The van der Waals surface area contributed by atoms with Crippen LogP contribution in [0.15, 0.2) is 47.6 Å². The summed E-state index contributed by atoms with van der Waals surface area (Å²) in [5, 5.41) is 4.44. The molecular formula is C17H16ClN3O4. The zero-order valence-corrected chi connectivity index (χ0v) is 14.1. The average molecular weight is 362 g/mol. The van der Waals surface area contributed by atoms with Gasteiger partial charge in [-0.3, -0.25) is 9.59 Å². The third kappa shape index (κ3) is 5.50. The number of ether oxygens (including phenoxy) is 2. The van der Waals surface area contributed by atoms with Crippen molar-refractivity contribution in [1.29, 1.82) is 0 Å². The normalized spacial score (nSPS) is 10.5. The molecule has 0 aromatic heterocycles. The van der Waals surface area contributed by atoms with Crippen LogP contribution in [-0.4, -0.2) is 31.7 Å². The first-order valence-electron chi connectivity index (χ1n) is 7.17. The number of amides is 2. The van der Waals surface area contributed by atoms with Crippen LogP contribution in [-0.2, 0) is 4.79 Å². The van der Waals surface area contributed by atoms with Crippen molar-refractivity contribution in [2.45, 2.75) is 0 Å². The van der Waals surface area contributed by atoms with Crippen molar-refractivity contribution in [3.8, 4) is 11.5 Å². The number of hydrogen-bond acceptors (Lipinski definition) is 5. The Balaban J connectivity index is 2.01. The summed E-state index contributed by atoms with van der Waals surface area (Å²) in [5.41, 5.74) is 8.56. The first-order valence-corrected chi connectivity index (χ1v) is 7.55. The quantitative estimate of drug-likeness (QED) is 0.581. The van der Waals surface area contributed by atoms with E-state index in [-0.39, 0.29) is 12.5 Å². The van der Waals surface area contributed by atoms with Crippen molar-refractivity contribution >= 4 is 29.6 Å². The number of carbonyl (C=O) groups is 2. The minimum Gasteiger partial charge on any atom is -0.493 e. The predicted octanol–water partition coefficient (Wildman–Crippen LogP) is 1.98. The highest BCUT2D eigenvalue weighted by Gasteiger charge is 2.07. The first-order chi connectivity index (χ1) is 12.0. The van der Waals surface area contributed by atoms with Gasteiger partial charge in [-0.15, -0.1) is 0 Å². The SMILES string of the molecule is COc1cc(/C=N\NC(=O)c2ccc(Cl)cc2)ccc1OCC(N)=O. The number of halogens is 1. The van der Waals surface area contributed by atoms with E-state index in [1.165, 1.54) is 13.3 Å². The van der Waals surface area contributed by atoms with E-state index >= 15 is 0 Å². The Morgan fingerprint density at radius 2 is 1.92 bits per heavy atom. The number of methoxy groups -OCH3 is 1. The second-order valence-electron chi connectivity index (χ2n) is 4.87. The van der Waals surface area contributed by atoms with Crippen LogP contribution in [0.1, 0.15) is 15.9 Å². The van der Waals surface area contributed by atoms with Crippen LogP contribution in [0.3, 0.4) is 0 Å². The second-order valence-corrected chi connectivity index (χ2v) is 5.31. The van der Waals surface area contributed by atoms with Crippen LogP contribution in [0.25, 0.3) is 0 Å². The minimum atomic E-state index is -0.586. The highest BCUT2D eigenvalue weighted by Crippen LogP contribution is 2.27. The van der Waals surface area contributed by atoms with E-state index < -0.39 is 5.91 Å². The van der Waals surface area contributed by atoms with Gasteiger partial charge in [0.05, 0.1) is 13.3 Å². The molecule has 0 fully saturated rings. The monoisotopic (exact) mass is 361 g/mol. The number of hydrogen-bond donors (Lipinski definition) is 2. The molecule has 0 aliphatic heterocycles. The Morgan fingerprint density at radius 3 is 2.56 bits per heavy atom. The highest BCUT2D eigenvalue weighted by molar-refractivity contribution is 6.30. The number of hydrazone groups is 1. The summed E-state index contributed by atoms with van der Waals surface area (Å²) in [6, 6.07) is 11.4. The van der Waals surface area contributed by atoms with Gasteiger partial charge >= 0.3 is 0 Å². The summed E-state index contributed by atoms with van der Waals surface area (Å²) in [7, 11) is 1.47. The van der Waals surface area contributed by atoms with E-state index in [9.17, 15) is 9.59 Å². The average Bonchev–Trinajstić information content (AvgIpc) is 2.60. The molecule has 0 unspecified atom stereocenters. The van der Waals surface area contributed by atoms with Gasteiger partial charge in [-0.1, -0.05) is 11.6 Å². The van der Waals surface area contributed by atoms with Crippen molar-refractivity contribution in [3.05, 3.63) is 58.6 Å². The Labute approximate surface area is 149 Å². The molecule has 130 valence electrons. The molecule has 0 bridgehead atoms. The minimum absolute atomic E-state index is 0.249. The van der Waals surface area contributed by atoms with Crippen LogP contribution in [0.4, 0.5) is 0 Å². The third-order valence-corrected chi connectivity index (χ3v) is 3.30. The van der Waals surface area contributed by atoms with Gasteiger partial charge < -0.3 is 15.2 Å². The molecule has 25 heavy (non-hydrogen) atoms. The molecule has 0 spiro atoms. The lowest BCUT2D eigenvalue weighted by Gasteiger charge is -2.09. The summed E-state index contributed by atoms with van der Waals surface area (Å²) in [4.78, 5) is 22.7. The van der Waals surface area contributed by atoms with Gasteiger partial charge in [-0.2, -0.15) is 5.10 Å². The maximum absolute atomic E-state index is 11.9. The molecule has 0 atom stereocenters. The molecule has 0 heterocycles.